The van der Waals surface area contributed by atoms with Gasteiger partial charge in [-0.1, -0.05) is 30.3 Å². The summed E-state index contributed by atoms with van der Waals surface area (Å²) in [5.41, 5.74) is 2.59. The predicted octanol–water partition coefficient (Wildman–Crippen LogP) is 3.90. The summed E-state index contributed by atoms with van der Waals surface area (Å²) in [5, 5.41) is 6.14. The quantitative estimate of drug-likeness (QED) is 0.748. The van der Waals surface area contributed by atoms with Crippen molar-refractivity contribution in [3.63, 3.8) is 0 Å². The summed E-state index contributed by atoms with van der Waals surface area (Å²) in [6.45, 7) is 2.09. The van der Waals surface area contributed by atoms with E-state index < -0.39 is 0 Å². The van der Waals surface area contributed by atoms with Crippen molar-refractivity contribution in [3.8, 4) is 0 Å². The Morgan fingerprint density at radius 1 is 1.00 bits per heavy atom. The van der Waals surface area contributed by atoms with Crippen molar-refractivity contribution in [2.45, 2.75) is 13.0 Å². The summed E-state index contributed by atoms with van der Waals surface area (Å²) in [5.74, 6) is 0.274. The topological polar surface area (TPSA) is 66.9 Å². The molecule has 1 aromatic carbocycles. The maximum absolute atomic E-state index is 12.1. The molecule has 0 saturated heterocycles. The molecule has 0 bridgehead atoms. The van der Waals surface area contributed by atoms with E-state index in [2.05, 4.69) is 39.7 Å². The molecule has 2 heterocycles. The van der Waals surface area contributed by atoms with Gasteiger partial charge in [-0.25, -0.2) is 4.98 Å². The van der Waals surface area contributed by atoms with Gasteiger partial charge in [-0.15, -0.1) is 0 Å². The molecule has 3 aromatic rings. The molecular weight excluding hydrogens is 300 g/mol. The molecule has 0 aliphatic rings. The van der Waals surface area contributed by atoms with Crippen LogP contribution in [0.1, 0.15) is 28.9 Å². The van der Waals surface area contributed by atoms with Crippen molar-refractivity contribution in [3.05, 3.63) is 84.3 Å². The van der Waals surface area contributed by atoms with Gasteiger partial charge >= 0.3 is 0 Å². The van der Waals surface area contributed by atoms with E-state index in [1.54, 1.807) is 30.6 Å². The fourth-order valence-corrected chi connectivity index (χ4v) is 2.31. The smallest absolute Gasteiger partial charge is 0.258 e. The Morgan fingerprint density at radius 3 is 2.50 bits per heavy atom. The van der Waals surface area contributed by atoms with Crippen molar-refractivity contribution in [2.75, 3.05) is 10.6 Å². The Kier molecular flexibility index (Phi) is 4.81. The SMILES string of the molecule is CC(Nc1ccc(NC(=O)c2cccnc2)nc1)c1ccccc1. The van der Waals surface area contributed by atoms with Gasteiger partial charge in [0.05, 0.1) is 17.4 Å². The number of nitrogens with one attached hydrogen (secondary N) is 2. The van der Waals surface area contributed by atoms with Crippen LogP contribution in [0.3, 0.4) is 0 Å². The third-order valence-corrected chi connectivity index (χ3v) is 3.61. The number of hydrogen-bond acceptors (Lipinski definition) is 4. The molecule has 0 saturated carbocycles. The fourth-order valence-electron chi connectivity index (χ4n) is 2.31. The van der Waals surface area contributed by atoms with Crippen LogP contribution in [0.2, 0.25) is 0 Å². The van der Waals surface area contributed by atoms with E-state index in [4.69, 9.17) is 0 Å². The van der Waals surface area contributed by atoms with Crippen LogP contribution in [0.4, 0.5) is 11.5 Å². The van der Waals surface area contributed by atoms with Crippen molar-refractivity contribution < 1.29 is 4.79 Å². The van der Waals surface area contributed by atoms with Crippen LogP contribution in [0.15, 0.2) is 73.2 Å². The maximum atomic E-state index is 12.1. The van der Waals surface area contributed by atoms with Gasteiger partial charge in [0.15, 0.2) is 0 Å². The van der Waals surface area contributed by atoms with E-state index in [-0.39, 0.29) is 11.9 Å². The number of carbonyl (C=O) groups excluding carboxylic acids is 1. The molecule has 120 valence electrons. The summed E-state index contributed by atoms with van der Waals surface area (Å²) in [7, 11) is 0. The molecule has 3 rings (SSSR count). The van der Waals surface area contributed by atoms with E-state index in [9.17, 15) is 4.79 Å². The highest BCUT2D eigenvalue weighted by atomic mass is 16.1. The first-order valence-corrected chi connectivity index (χ1v) is 7.71. The lowest BCUT2D eigenvalue weighted by atomic mass is 10.1. The Labute approximate surface area is 140 Å². The molecule has 0 spiro atoms. The van der Waals surface area contributed by atoms with Crippen LogP contribution < -0.4 is 10.6 Å². The summed E-state index contributed by atoms with van der Waals surface area (Å²) in [6.07, 6.45) is 4.86. The Morgan fingerprint density at radius 2 is 1.83 bits per heavy atom. The fraction of sp³-hybridized carbons (Fsp3) is 0.105. The maximum Gasteiger partial charge on any atom is 0.258 e. The van der Waals surface area contributed by atoms with Crippen LogP contribution in [0, 0.1) is 0 Å². The van der Waals surface area contributed by atoms with Crippen molar-refractivity contribution in [1.29, 1.82) is 0 Å². The lowest BCUT2D eigenvalue weighted by molar-refractivity contribution is 0.102. The number of amides is 1. The van der Waals surface area contributed by atoms with Gasteiger partial charge in [0, 0.05) is 18.4 Å². The number of nitrogens with zero attached hydrogens (tertiary/aromatic N) is 2. The number of anilines is 2. The zero-order valence-electron chi connectivity index (χ0n) is 13.3. The van der Waals surface area contributed by atoms with Gasteiger partial charge in [0.1, 0.15) is 5.82 Å². The van der Waals surface area contributed by atoms with E-state index in [1.807, 2.05) is 24.3 Å². The molecule has 0 aliphatic heterocycles. The van der Waals surface area contributed by atoms with E-state index >= 15 is 0 Å². The van der Waals surface area contributed by atoms with E-state index in [0.29, 0.717) is 11.4 Å². The average Bonchev–Trinajstić information content (AvgIpc) is 2.65. The molecule has 1 amide bonds. The van der Waals surface area contributed by atoms with Crippen molar-refractivity contribution in [1.82, 2.24) is 9.97 Å². The molecule has 2 N–H and O–H groups in total. The Hall–Kier alpha value is -3.21. The first-order chi connectivity index (χ1) is 11.7. The monoisotopic (exact) mass is 318 g/mol. The standard InChI is InChI=1S/C19H18N4O/c1-14(15-6-3-2-4-7-15)22-17-9-10-18(21-13-17)23-19(24)16-8-5-11-20-12-16/h2-14,22H,1H3,(H,21,23,24). The molecule has 1 unspecified atom stereocenters. The first kappa shape index (κ1) is 15.7. The normalized spacial score (nSPS) is 11.5. The molecule has 0 radical (unpaired) electrons. The average molecular weight is 318 g/mol. The lowest BCUT2D eigenvalue weighted by Crippen LogP contribution is -2.13. The van der Waals surface area contributed by atoms with Crippen LogP contribution in [-0.2, 0) is 0 Å². The van der Waals surface area contributed by atoms with Crippen LogP contribution >= 0.6 is 0 Å². The van der Waals surface area contributed by atoms with Crippen molar-refractivity contribution >= 4 is 17.4 Å². The second-order valence-corrected chi connectivity index (χ2v) is 5.40. The number of aromatic nitrogens is 2. The third kappa shape index (κ3) is 3.95. The highest BCUT2D eigenvalue weighted by molar-refractivity contribution is 6.03. The minimum absolute atomic E-state index is 0.170. The lowest BCUT2D eigenvalue weighted by Gasteiger charge is -2.15. The van der Waals surface area contributed by atoms with Gasteiger partial charge in [0.2, 0.25) is 0 Å². The van der Waals surface area contributed by atoms with Gasteiger partial charge in [0.25, 0.3) is 5.91 Å². The van der Waals surface area contributed by atoms with Crippen molar-refractivity contribution in [2.24, 2.45) is 0 Å². The Bertz CT molecular complexity index is 789. The minimum Gasteiger partial charge on any atom is -0.377 e. The van der Waals surface area contributed by atoms with Crippen LogP contribution in [-0.4, -0.2) is 15.9 Å². The summed E-state index contributed by atoms with van der Waals surface area (Å²) in [4.78, 5) is 20.3. The zero-order valence-corrected chi connectivity index (χ0v) is 13.3. The zero-order chi connectivity index (χ0) is 16.8. The summed E-state index contributed by atoms with van der Waals surface area (Å²) >= 11 is 0. The largest absolute Gasteiger partial charge is 0.377 e. The predicted molar refractivity (Wildman–Crippen MR) is 94.9 cm³/mol. The number of rotatable bonds is 5. The van der Waals surface area contributed by atoms with Gasteiger partial charge < -0.3 is 10.6 Å². The molecule has 0 aliphatic carbocycles. The molecule has 2 aromatic heterocycles. The molecule has 5 heteroatoms. The third-order valence-electron chi connectivity index (χ3n) is 3.61. The molecular formula is C19H18N4O. The number of pyridine rings is 2. The summed E-state index contributed by atoms with van der Waals surface area (Å²) < 4.78 is 0. The molecule has 5 nitrogen and oxygen atoms in total. The highest BCUT2D eigenvalue weighted by Crippen LogP contribution is 2.19. The van der Waals surface area contributed by atoms with Gasteiger partial charge in [-0.2, -0.15) is 0 Å². The molecule has 1 atom stereocenters. The first-order valence-electron chi connectivity index (χ1n) is 7.71. The highest BCUT2D eigenvalue weighted by Gasteiger charge is 2.08. The van der Waals surface area contributed by atoms with E-state index in [1.165, 1.54) is 11.8 Å². The van der Waals surface area contributed by atoms with Crippen LogP contribution in [0.5, 0.6) is 0 Å². The minimum atomic E-state index is -0.228. The molecule has 0 fully saturated rings. The molecule has 24 heavy (non-hydrogen) atoms. The van der Waals surface area contributed by atoms with Crippen LogP contribution in [0.25, 0.3) is 0 Å². The second-order valence-electron chi connectivity index (χ2n) is 5.40. The second kappa shape index (κ2) is 7.37. The van der Waals surface area contributed by atoms with Gasteiger partial charge in [-0.05, 0) is 36.8 Å². The Balaban J connectivity index is 1.62. The van der Waals surface area contributed by atoms with E-state index in [0.717, 1.165) is 5.69 Å². The van der Waals surface area contributed by atoms with Gasteiger partial charge in [-0.3, -0.25) is 9.78 Å². The number of carbonyl (C=O) groups is 1. The summed E-state index contributed by atoms with van der Waals surface area (Å²) in [6, 6.07) is 17.5. The number of hydrogen-bond donors (Lipinski definition) is 2. The number of benzene rings is 1.